The van der Waals surface area contributed by atoms with E-state index in [0.717, 1.165) is 46.6 Å². The van der Waals surface area contributed by atoms with Crippen molar-refractivity contribution in [3.05, 3.63) is 66.0 Å². The third-order valence-corrected chi connectivity index (χ3v) is 4.35. The highest BCUT2D eigenvalue weighted by atomic mass is 15.1. The van der Waals surface area contributed by atoms with E-state index >= 15 is 0 Å². The quantitative estimate of drug-likeness (QED) is 0.564. The lowest BCUT2D eigenvalue weighted by molar-refractivity contribution is -0.464. The molecule has 5 heteroatoms. The topological polar surface area (TPSA) is 69.8 Å². The first kappa shape index (κ1) is 15.2. The SMILES string of the molecule is CCCc1cc(Nc2cc[nH+]cc2)[n+]2c([nH]c3ccccc32)c1C#N. The van der Waals surface area contributed by atoms with Gasteiger partial charge < -0.3 is 0 Å². The summed E-state index contributed by atoms with van der Waals surface area (Å²) in [6, 6.07) is 16.5. The molecule has 0 fully saturated rings. The van der Waals surface area contributed by atoms with Crippen LogP contribution in [0.5, 0.6) is 0 Å². The van der Waals surface area contributed by atoms with Gasteiger partial charge in [-0.15, -0.1) is 0 Å². The molecule has 0 aliphatic heterocycles. The maximum Gasteiger partial charge on any atom is 0.250 e. The zero-order chi connectivity index (χ0) is 17.2. The first-order chi connectivity index (χ1) is 12.3. The molecular formula is C20H19N5+2. The van der Waals surface area contributed by atoms with Crippen LogP contribution in [0.3, 0.4) is 0 Å². The molecule has 4 rings (SSSR count). The largest absolute Gasteiger partial charge is 0.272 e. The molecule has 1 aromatic carbocycles. The number of nitrogens with zero attached hydrogens (tertiary/aromatic N) is 2. The molecule has 3 N–H and O–H groups in total. The van der Waals surface area contributed by atoms with E-state index in [1.54, 1.807) is 0 Å². The maximum atomic E-state index is 9.74. The van der Waals surface area contributed by atoms with Crippen LogP contribution in [0.4, 0.5) is 11.5 Å². The van der Waals surface area contributed by atoms with E-state index < -0.39 is 0 Å². The van der Waals surface area contributed by atoms with Crippen molar-refractivity contribution in [2.75, 3.05) is 5.32 Å². The zero-order valence-corrected chi connectivity index (χ0v) is 14.0. The molecule has 0 spiro atoms. The van der Waals surface area contributed by atoms with E-state index in [1.807, 2.05) is 42.7 Å². The molecule has 0 radical (unpaired) electrons. The zero-order valence-electron chi connectivity index (χ0n) is 14.0. The number of fused-ring (bicyclic) bond motifs is 3. The van der Waals surface area contributed by atoms with Gasteiger partial charge in [0.1, 0.15) is 28.4 Å². The van der Waals surface area contributed by atoms with Gasteiger partial charge in [0, 0.05) is 18.2 Å². The number of nitriles is 1. The fraction of sp³-hybridized carbons (Fsp3) is 0.150. The van der Waals surface area contributed by atoms with Gasteiger partial charge in [-0.25, -0.2) is 4.98 Å². The molecule has 0 atom stereocenters. The molecule has 3 heterocycles. The number of aryl methyl sites for hydroxylation is 1. The van der Waals surface area contributed by atoms with Crippen molar-refractivity contribution in [2.24, 2.45) is 0 Å². The Hall–Kier alpha value is -3.39. The molecule has 25 heavy (non-hydrogen) atoms. The summed E-state index contributed by atoms with van der Waals surface area (Å²) in [5.74, 6) is 0.945. The lowest BCUT2D eigenvalue weighted by atomic mass is 10.1. The Morgan fingerprint density at radius 2 is 2.00 bits per heavy atom. The standard InChI is InChI=1S/C20H17N5/c1-2-5-14-12-19(23-15-8-10-22-11-9-15)25-18-7-4-3-6-17(18)24-20(25)16(14)13-21/h3-4,6-12H,2,5H2,1H3,(H,22,23,24)/p+2. The Kier molecular flexibility index (Phi) is 3.79. The minimum Gasteiger partial charge on any atom is -0.272 e. The van der Waals surface area contributed by atoms with Gasteiger partial charge in [0.05, 0.1) is 0 Å². The molecule has 0 amide bonds. The predicted octanol–water partition coefficient (Wildman–Crippen LogP) is 3.29. The van der Waals surface area contributed by atoms with Gasteiger partial charge >= 0.3 is 0 Å². The molecule has 5 nitrogen and oxygen atoms in total. The number of hydrogen-bond acceptors (Lipinski definition) is 2. The van der Waals surface area contributed by atoms with Crippen molar-refractivity contribution in [3.63, 3.8) is 0 Å². The van der Waals surface area contributed by atoms with Crippen molar-refractivity contribution < 1.29 is 9.38 Å². The summed E-state index contributed by atoms with van der Waals surface area (Å²) in [4.78, 5) is 6.45. The Balaban J connectivity index is 2.04. The van der Waals surface area contributed by atoms with E-state index in [-0.39, 0.29) is 0 Å². The summed E-state index contributed by atoms with van der Waals surface area (Å²) in [6.45, 7) is 2.13. The molecule has 0 aliphatic carbocycles. The van der Waals surface area contributed by atoms with E-state index in [0.29, 0.717) is 5.56 Å². The first-order valence-electron chi connectivity index (χ1n) is 8.43. The maximum absolute atomic E-state index is 9.74. The fourth-order valence-electron chi connectivity index (χ4n) is 3.26. The fourth-order valence-corrected chi connectivity index (χ4v) is 3.26. The summed E-state index contributed by atoms with van der Waals surface area (Å²) in [5, 5.41) is 13.2. The van der Waals surface area contributed by atoms with Gasteiger partial charge in [0.15, 0.2) is 12.4 Å². The van der Waals surface area contributed by atoms with E-state index in [1.165, 1.54) is 0 Å². The van der Waals surface area contributed by atoms with Crippen molar-refractivity contribution in [2.45, 2.75) is 19.8 Å². The number of pyridine rings is 2. The second-order valence-electron chi connectivity index (χ2n) is 6.03. The molecule has 0 saturated carbocycles. The van der Waals surface area contributed by atoms with Gasteiger partial charge in [0.25, 0.3) is 0 Å². The lowest BCUT2D eigenvalue weighted by Crippen LogP contribution is -2.26. The monoisotopic (exact) mass is 329 g/mol. The van der Waals surface area contributed by atoms with Crippen molar-refractivity contribution in [1.29, 1.82) is 5.26 Å². The number of hydrogen-bond donors (Lipinski definition) is 2. The highest BCUT2D eigenvalue weighted by Gasteiger charge is 2.21. The average Bonchev–Trinajstić information content (AvgIpc) is 3.02. The van der Waals surface area contributed by atoms with Crippen LogP contribution in [0.15, 0.2) is 54.9 Å². The third-order valence-electron chi connectivity index (χ3n) is 4.35. The Morgan fingerprint density at radius 1 is 1.20 bits per heavy atom. The third kappa shape index (κ3) is 2.58. The van der Waals surface area contributed by atoms with Crippen molar-refractivity contribution in [3.8, 4) is 6.07 Å². The molecular weight excluding hydrogens is 310 g/mol. The smallest absolute Gasteiger partial charge is 0.250 e. The Morgan fingerprint density at radius 3 is 2.76 bits per heavy atom. The number of nitrogens with one attached hydrogen (secondary N) is 3. The van der Waals surface area contributed by atoms with Gasteiger partial charge in [-0.2, -0.15) is 9.66 Å². The number of H-pyrrole nitrogens is 2. The lowest BCUT2D eigenvalue weighted by Gasteiger charge is -2.07. The first-order valence-corrected chi connectivity index (χ1v) is 8.43. The second-order valence-corrected chi connectivity index (χ2v) is 6.03. The van der Waals surface area contributed by atoms with E-state index in [4.69, 9.17) is 0 Å². The molecule has 0 aliphatic rings. The number of anilines is 2. The Bertz CT molecular complexity index is 1090. The number of aromatic nitrogens is 3. The predicted molar refractivity (Wildman–Crippen MR) is 96.4 cm³/mol. The number of imidazole rings is 1. The summed E-state index contributed by atoms with van der Waals surface area (Å²) in [5.41, 5.74) is 5.65. The highest BCUT2D eigenvalue weighted by Crippen LogP contribution is 2.23. The molecule has 0 bridgehead atoms. The van der Waals surface area contributed by atoms with Gasteiger partial charge in [-0.3, -0.25) is 10.3 Å². The van der Waals surface area contributed by atoms with Crippen molar-refractivity contribution >= 4 is 28.2 Å². The minimum atomic E-state index is 0.713. The van der Waals surface area contributed by atoms with Crippen LogP contribution < -0.4 is 14.7 Å². The summed E-state index contributed by atoms with van der Waals surface area (Å²) in [7, 11) is 0. The number of benzene rings is 1. The molecule has 0 saturated heterocycles. The van der Waals surface area contributed by atoms with Crippen LogP contribution in [-0.2, 0) is 6.42 Å². The van der Waals surface area contributed by atoms with Crippen LogP contribution in [0, 0.1) is 11.3 Å². The molecule has 122 valence electrons. The molecule has 3 aromatic heterocycles. The van der Waals surface area contributed by atoms with Crippen LogP contribution in [-0.4, -0.2) is 4.98 Å². The van der Waals surface area contributed by atoms with Crippen molar-refractivity contribution in [1.82, 2.24) is 4.98 Å². The summed E-state index contributed by atoms with van der Waals surface area (Å²) < 4.78 is 2.09. The van der Waals surface area contributed by atoms with Crippen LogP contribution >= 0.6 is 0 Å². The molecule has 4 aromatic rings. The van der Waals surface area contributed by atoms with Crippen LogP contribution in [0.2, 0.25) is 0 Å². The van der Waals surface area contributed by atoms with Gasteiger partial charge in [0.2, 0.25) is 11.5 Å². The van der Waals surface area contributed by atoms with Crippen LogP contribution in [0.1, 0.15) is 24.5 Å². The Labute approximate surface area is 145 Å². The highest BCUT2D eigenvalue weighted by molar-refractivity contribution is 5.77. The normalized spacial score (nSPS) is 10.9. The minimum absolute atomic E-state index is 0.713. The summed E-state index contributed by atoms with van der Waals surface area (Å²) in [6.07, 6.45) is 5.63. The van der Waals surface area contributed by atoms with Gasteiger partial charge in [-0.05, 0) is 24.1 Å². The molecule has 0 unspecified atom stereocenters. The number of aromatic amines is 2. The second kappa shape index (κ2) is 6.25. The summed E-state index contributed by atoms with van der Waals surface area (Å²) >= 11 is 0. The van der Waals surface area contributed by atoms with Crippen LogP contribution in [0.25, 0.3) is 16.7 Å². The van der Waals surface area contributed by atoms with E-state index in [2.05, 4.69) is 44.8 Å². The number of rotatable bonds is 4. The van der Waals surface area contributed by atoms with E-state index in [9.17, 15) is 5.26 Å². The average molecular weight is 329 g/mol. The number of para-hydroxylation sites is 2. The van der Waals surface area contributed by atoms with Gasteiger partial charge in [-0.1, -0.05) is 25.5 Å².